The van der Waals surface area contributed by atoms with Crippen molar-refractivity contribution in [2.24, 2.45) is 0 Å². The highest BCUT2D eigenvalue weighted by Gasteiger charge is 2.12. The first-order chi connectivity index (χ1) is 12.8. The molecule has 0 fully saturated rings. The maximum Gasteiger partial charge on any atom is 0.162 e. The molecule has 1 aliphatic heterocycles. The Balaban J connectivity index is 2.02. The van der Waals surface area contributed by atoms with Gasteiger partial charge in [-0.05, 0) is 0 Å². The van der Waals surface area contributed by atoms with Gasteiger partial charge in [0.1, 0.15) is 25.4 Å². The van der Waals surface area contributed by atoms with E-state index in [0.717, 1.165) is 0 Å². The summed E-state index contributed by atoms with van der Waals surface area (Å²) in [4.78, 5) is 0. The van der Waals surface area contributed by atoms with E-state index in [1.807, 2.05) is 12.1 Å². The second kappa shape index (κ2) is 12.1. The van der Waals surface area contributed by atoms with Gasteiger partial charge in [-0.25, -0.2) is 0 Å². The van der Waals surface area contributed by atoms with Crippen molar-refractivity contribution in [2.45, 2.75) is 0 Å². The van der Waals surface area contributed by atoms with E-state index < -0.39 is 0 Å². The minimum atomic E-state index is 0.236. The highest BCUT2D eigenvalue weighted by atomic mass is 16.6. The number of fused-ring (bicyclic) bond motifs is 1. The van der Waals surface area contributed by atoms with Gasteiger partial charge in [-0.2, -0.15) is 10.5 Å². The summed E-state index contributed by atoms with van der Waals surface area (Å²) in [7, 11) is 0. The van der Waals surface area contributed by atoms with E-state index in [9.17, 15) is 0 Å². The van der Waals surface area contributed by atoms with Crippen LogP contribution in [-0.4, -0.2) is 66.1 Å². The monoisotopic (exact) mass is 362 g/mol. The average molecular weight is 362 g/mol. The van der Waals surface area contributed by atoms with Crippen molar-refractivity contribution >= 4 is 0 Å². The predicted octanol–water partition coefficient (Wildman–Crippen LogP) is 1.27. The second-order valence-electron chi connectivity index (χ2n) is 5.21. The summed E-state index contributed by atoms with van der Waals surface area (Å²) in [5.41, 5.74) is 0.472. The van der Waals surface area contributed by atoms with Crippen LogP contribution in [0.25, 0.3) is 0 Å². The molecule has 1 heterocycles. The van der Waals surface area contributed by atoms with E-state index in [1.54, 1.807) is 0 Å². The van der Waals surface area contributed by atoms with Gasteiger partial charge < -0.3 is 28.4 Å². The number of ether oxygens (including phenoxy) is 6. The standard InChI is InChI=1S/C18H22N2O6/c19-13-15-11-17-18(12-16(15)14-20)26-10-8-24-6-4-22-2-1-21-3-5-23-7-9-25-17/h11-12H,1-10H2. The minimum Gasteiger partial charge on any atom is -0.487 e. The van der Waals surface area contributed by atoms with E-state index in [-0.39, 0.29) is 24.3 Å². The third-order valence-corrected chi connectivity index (χ3v) is 3.41. The Hall–Kier alpha value is -2.36. The Kier molecular flexibility index (Phi) is 9.26. The molecule has 0 atom stereocenters. The molecule has 0 unspecified atom stereocenters. The van der Waals surface area contributed by atoms with Crippen LogP contribution < -0.4 is 9.47 Å². The Morgan fingerprint density at radius 1 is 0.538 bits per heavy atom. The number of rotatable bonds is 0. The number of hydrogen-bond acceptors (Lipinski definition) is 8. The maximum absolute atomic E-state index is 9.17. The van der Waals surface area contributed by atoms with Crippen LogP contribution in [0.3, 0.4) is 0 Å². The van der Waals surface area contributed by atoms with Gasteiger partial charge in [0.15, 0.2) is 11.5 Å². The summed E-state index contributed by atoms with van der Waals surface area (Å²) in [5.74, 6) is 0.787. The van der Waals surface area contributed by atoms with Crippen LogP contribution in [0.5, 0.6) is 11.5 Å². The lowest BCUT2D eigenvalue weighted by atomic mass is 10.1. The normalized spacial score (nSPS) is 17.9. The molecule has 140 valence electrons. The molecule has 0 amide bonds. The van der Waals surface area contributed by atoms with Crippen molar-refractivity contribution in [3.05, 3.63) is 23.3 Å². The highest BCUT2D eigenvalue weighted by Crippen LogP contribution is 2.30. The van der Waals surface area contributed by atoms with Crippen molar-refractivity contribution in [1.29, 1.82) is 10.5 Å². The maximum atomic E-state index is 9.17. The summed E-state index contributed by atoms with van der Waals surface area (Å²) in [6.07, 6.45) is 0. The molecule has 0 spiro atoms. The molecule has 8 heteroatoms. The molecule has 0 N–H and O–H groups in total. The average Bonchev–Trinajstić information content (AvgIpc) is 2.67. The first-order valence-electron chi connectivity index (χ1n) is 8.40. The number of benzene rings is 1. The van der Waals surface area contributed by atoms with Gasteiger partial charge in [0.2, 0.25) is 0 Å². The lowest BCUT2D eigenvalue weighted by Gasteiger charge is -2.15. The van der Waals surface area contributed by atoms with Gasteiger partial charge in [0.05, 0.1) is 64.0 Å². The van der Waals surface area contributed by atoms with E-state index >= 15 is 0 Å². The molecule has 0 saturated carbocycles. The molecule has 26 heavy (non-hydrogen) atoms. The molecular formula is C18H22N2O6. The molecule has 2 rings (SSSR count). The molecule has 0 aliphatic carbocycles. The summed E-state index contributed by atoms with van der Waals surface area (Å²) >= 11 is 0. The van der Waals surface area contributed by atoms with Gasteiger partial charge >= 0.3 is 0 Å². The Morgan fingerprint density at radius 3 is 1.15 bits per heavy atom. The van der Waals surface area contributed by atoms with E-state index in [1.165, 1.54) is 12.1 Å². The molecule has 0 bridgehead atoms. The van der Waals surface area contributed by atoms with Crippen LogP contribution in [0.4, 0.5) is 0 Å². The first-order valence-corrected chi connectivity index (χ1v) is 8.40. The fraction of sp³-hybridized carbons (Fsp3) is 0.556. The van der Waals surface area contributed by atoms with Gasteiger partial charge in [-0.15, -0.1) is 0 Å². The van der Waals surface area contributed by atoms with Crippen LogP contribution in [0.1, 0.15) is 11.1 Å². The minimum absolute atomic E-state index is 0.236. The number of nitrogens with zero attached hydrogens (tertiary/aromatic N) is 2. The summed E-state index contributed by atoms with van der Waals surface area (Å²) in [6, 6.07) is 6.98. The topological polar surface area (TPSA) is 103 Å². The fourth-order valence-corrected chi connectivity index (χ4v) is 2.15. The largest absolute Gasteiger partial charge is 0.487 e. The van der Waals surface area contributed by atoms with Crippen molar-refractivity contribution in [3.8, 4) is 23.6 Å². The van der Waals surface area contributed by atoms with Crippen molar-refractivity contribution in [2.75, 3.05) is 66.1 Å². The Labute approximate surface area is 152 Å². The molecule has 0 saturated heterocycles. The van der Waals surface area contributed by atoms with Crippen LogP contribution in [0.2, 0.25) is 0 Å². The quantitative estimate of drug-likeness (QED) is 0.680. The third kappa shape index (κ3) is 6.87. The molecule has 8 nitrogen and oxygen atoms in total. The molecule has 1 aromatic rings. The summed E-state index contributed by atoms with van der Waals surface area (Å²) < 4.78 is 32.9. The predicted molar refractivity (Wildman–Crippen MR) is 90.1 cm³/mol. The fourth-order valence-electron chi connectivity index (χ4n) is 2.15. The molecule has 1 aromatic carbocycles. The Morgan fingerprint density at radius 2 is 0.846 bits per heavy atom. The zero-order valence-corrected chi connectivity index (χ0v) is 14.6. The van der Waals surface area contributed by atoms with Gasteiger partial charge in [-0.1, -0.05) is 0 Å². The van der Waals surface area contributed by atoms with E-state index in [2.05, 4.69) is 0 Å². The van der Waals surface area contributed by atoms with E-state index in [4.69, 9.17) is 38.9 Å². The van der Waals surface area contributed by atoms with Crippen molar-refractivity contribution < 1.29 is 28.4 Å². The van der Waals surface area contributed by atoms with Crippen LogP contribution >= 0.6 is 0 Å². The second-order valence-corrected chi connectivity index (χ2v) is 5.21. The zero-order valence-electron chi connectivity index (χ0n) is 14.6. The smallest absolute Gasteiger partial charge is 0.162 e. The van der Waals surface area contributed by atoms with Gasteiger partial charge in [-0.3, -0.25) is 0 Å². The summed E-state index contributed by atoms with van der Waals surface area (Å²) in [5, 5.41) is 18.3. The first kappa shape index (κ1) is 20.0. The molecule has 0 aromatic heterocycles. The number of nitriles is 2. The highest BCUT2D eigenvalue weighted by molar-refractivity contribution is 5.56. The molecular weight excluding hydrogens is 340 g/mol. The van der Waals surface area contributed by atoms with Crippen LogP contribution in [0, 0.1) is 22.7 Å². The zero-order chi connectivity index (χ0) is 18.5. The van der Waals surface area contributed by atoms with E-state index in [0.29, 0.717) is 64.4 Å². The van der Waals surface area contributed by atoms with Crippen molar-refractivity contribution in [1.82, 2.24) is 0 Å². The SMILES string of the molecule is N#Cc1cc2c(cc1C#N)OCCOCCOCCOCCOCCO2. The lowest BCUT2D eigenvalue weighted by molar-refractivity contribution is -0.00841. The summed E-state index contributed by atoms with van der Waals surface area (Å²) in [6.45, 7) is 4.17. The van der Waals surface area contributed by atoms with Crippen LogP contribution in [0.15, 0.2) is 12.1 Å². The Bertz CT molecular complexity index is 583. The van der Waals surface area contributed by atoms with Gasteiger partial charge in [0, 0.05) is 12.1 Å². The molecule has 1 aliphatic rings. The third-order valence-electron chi connectivity index (χ3n) is 3.41. The van der Waals surface area contributed by atoms with Crippen molar-refractivity contribution in [3.63, 3.8) is 0 Å². The van der Waals surface area contributed by atoms with Crippen LogP contribution in [-0.2, 0) is 18.9 Å². The van der Waals surface area contributed by atoms with Gasteiger partial charge in [0.25, 0.3) is 0 Å². The lowest BCUT2D eigenvalue weighted by Crippen LogP contribution is -2.16. The molecule has 0 radical (unpaired) electrons. The number of hydrogen-bond donors (Lipinski definition) is 0.